The van der Waals surface area contributed by atoms with Crippen LogP contribution in [-0.4, -0.2) is 16.1 Å². The molecule has 0 bridgehead atoms. The van der Waals surface area contributed by atoms with Crippen molar-refractivity contribution in [3.63, 3.8) is 0 Å². The maximum Gasteiger partial charge on any atom is 0.348 e. The zero-order valence-electron chi connectivity index (χ0n) is 9.44. The van der Waals surface area contributed by atoms with Crippen LogP contribution in [0.25, 0.3) is 10.2 Å². The number of fused-ring (bicyclic) bond motifs is 1. The minimum Gasteiger partial charge on any atom is -0.477 e. The monoisotopic (exact) mass is 253 g/mol. The summed E-state index contributed by atoms with van der Waals surface area (Å²) in [6, 6.07) is 0. The summed E-state index contributed by atoms with van der Waals surface area (Å²) < 4.78 is 5.05. The van der Waals surface area contributed by atoms with E-state index in [9.17, 15) is 9.59 Å². The fraction of sp³-hybridized carbons (Fsp3) is 0.364. The number of nitrogens with zero attached hydrogens (tertiary/aromatic N) is 1. The van der Waals surface area contributed by atoms with Crippen LogP contribution in [0.1, 0.15) is 34.5 Å². The van der Waals surface area contributed by atoms with E-state index in [1.807, 2.05) is 6.92 Å². The third-order valence-corrected chi connectivity index (χ3v) is 3.60. The molecule has 6 heteroatoms. The van der Waals surface area contributed by atoms with Gasteiger partial charge in [0.2, 0.25) is 0 Å². The second-order valence-electron chi connectivity index (χ2n) is 3.69. The second kappa shape index (κ2) is 4.29. The molecule has 0 spiro atoms. The first-order valence-electron chi connectivity index (χ1n) is 5.21. The Morgan fingerprint density at radius 1 is 1.53 bits per heavy atom. The Balaban J connectivity index is 2.74. The molecule has 0 unspecified atom stereocenters. The van der Waals surface area contributed by atoms with Crippen molar-refractivity contribution >= 4 is 27.5 Å². The molecule has 2 aromatic rings. The SMILES string of the molecule is CCCc1nc2sc(C(=O)O)c(C)c2c(=O)o1. The van der Waals surface area contributed by atoms with E-state index in [4.69, 9.17) is 9.52 Å². The van der Waals surface area contributed by atoms with Gasteiger partial charge in [0, 0.05) is 6.42 Å². The lowest BCUT2D eigenvalue weighted by Crippen LogP contribution is -2.05. The minimum absolute atomic E-state index is 0.147. The van der Waals surface area contributed by atoms with Crippen LogP contribution in [0.2, 0.25) is 0 Å². The van der Waals surface area contributed by atoms with Crippen LogP contribution in [0.15, 0.2) is 9.21 Å². The summed E-state index contributed by atoms with van der Waals surface area (Å²) in [7, 11) is 0. The van der Waals surface area contributed by atoms with Crippen molar-refractivity contribution in [3.8, 4) is 0 Å². The summed E-state index contributed by atoms with van der Waals surface area (Å²) in [6.07, 6.45) is 1.39. The predicted octanol–water partition coefficient (Wildman–Crippen LogP) is 2.21. The fourth-order valence-electron chi connectivity index (χ4n) is 1.64. The van der Waals surface area contributed by atoms with Crippen molar-refractivity contribution in [1.82, 2.24) is 4.98 Å². The Bertz CT molecular complexity index is 641. The fourth-order valence-corrected chi connectivity index (χ4v) is 2.66. The van der Waals surface area contributed by atoms with Crippen LogP contribution >= 0.6 is 11.3 Å². The zero-order chi connectivity index (χ0) is 12.6. The van der Waals surface area contributed by atoms with E-state index in [-0.39, 0.29) is 10.3 Å². The minimum atomic E-state index is -1.04. The van der Waals surface area contributed by atoms with Gasteiger partial charge in [-0.25, -0.2) is 14.6 Å². The van der Waals surface area contributed by atoms with Crippen molar-refractivity contribution in [2.75, 3.05) is 0 Å². The molecule has 0 aliphatic rings. The van der Waals surface area contributed by atoms with E-state index < -0.39 is 11.6 Å². The number of hydrogen-bond donors (Lipinski definition) is 1. The van der Waals surface area contributed by atoms with E-state index in [1.165, 1.54) is 0 Å². The van der Waals surface area contributed by atoms with Crippen LogP contribution in [0.5, 0.6) is 0 Å². The molecule has 90 valence electrons. The summed E-state index contributed by atoms with van der Waals surface area (Å²) >= 11 is 1.02. The van der Waals surface area contributed by atoms with Gasteiger partial charge in [0.05, 0.1) is 0 Å². The van der Waals surface area contributed by atoms with Crippen LogP contribution in [0.3, 0.4) is 0 Å². The first kappa shape index (κ1) is 11.8. The van der Waals surface area contributed by atoms with E-state index in [2.05, 4.69) is 4.98 Å². The smallest absolute Gasteiger partial charge is 0.348 e. The van der Waals surface area contributed by atoms with Crippen molar-refractivity contribution in [2.45, 2.75) is 26.7 Å². The van der Waals surface area contributed by atoms with Crippen molar-refractivity contribution < 1.29 is 14.3 Å². The van der Waals surface area contributed by atoms with E-state index >= 15 is 0 Å². The van der Waals surface area contributed by atoms with Gasteiger partial charge >= 0.3 is 11.6 Å². The Kier molecular flexibility index (Phi) is 2.97. The molecule has 0 aliphatic carbocycles. The van der Waals surface area contributed by atoms with Crippen molar-refractivity contribution in [2.24, 2.45) is 0 Å². The van der Waals surface area contributed by atoms with E-state index in [0.717, 1.165) is 17.8 Å². The largest absolute Gasteiger partial charge is 0.477 e. The van der Waals surface area contributed by atoms with Crippen LogP contribution in [0.4, 0.5) is 0 Å². The molecule has 0 saturated carbocycles. The summed E-state index contributed by atoms with van der Waals surface area (Å²) in [5.41, 5.74) is -0.0681. The molecule has 2 aromatic heterocycles. The maximum absolute atomic E-state index is 11.7. The normalized spacial score (nSPS) is 10.9. The standard InChI is InChI=1S/C11H11NO4S/c1-3-4-6-12-9-7(11(15)16-6)5(2)8(17-9)10(13)14/h3-4H2,1-2H3,(H,13,14). The molecular formula is C11H11NO4S. The molecule has 0 atom stereocenters. The lowest BCUT2D eigenvalue weighted by atomic mass is 10.2. The molecule has 0 fully saturated rings. The molecule has 1 N–H and O–H groups in total. The average Bonchev–Trinajstić information content (AvgIpc) is 2.56. The first-order valence-corrected chi connectivity index (χ1v) is 6.02. The zero-order valence-corrected chi connectivity index (χ0v) is 10.3. The maximum atomic E-state index is 11.7. The number of hydrogen-bond acceptors (Lipinski definition) is 5. The predicted molar refractivity (Wildman–Crippen MR) is 63.8 cm³/mol. The molecule has 0 radical (unpaired) electrons. The third kappa shape index (κ3) is 1.95. The summed E-state index contributed by atoms with van der Waals surface area (Å²) in [4.78, 5) is 27.5. The lowest BCUT2D eigenvalue weighted by Gasteiger charge is -1.95. The quantitative estimate of drug-likeness (QED) is 0.907. The molecular weight excluding hydrogens is 242 g/mol. The number of carboxylic acids is 1. The number of carboxylic acid groups (broad SMARTS) is 1. The van der Waals surface area contributed by atoms with Crippen LogP contribution < -0.4 is 5.63 Å². The van der Waals surface area contributed by atoms with Crippen LogP contribution in [-0.2, 0) is 6.42 Å². The summed E-state index contributed by atoms with van der Waals surface area (Å²) in [5, 5.41) is 9.26. The van der Waals surface area contributed by atoms with Gasteiger partial charge in [-0.3, -0.25) is 0 Å². The van der Waals surface area contributed by atoms with Gasteiger partial charge in [-0.1, -0.05) is 6.92 Å². The number of carbonyl (C=O) groups is 1. The Morgan fingerprint density at radius 3 is 2.82 bits per heavy atom. The molecule has 0 amide bonds. The summed E-state index contributed by atoms with van der Waals surface area (Å²) in [6.45, 7) is 3.55. The number of rotatable bonds is 3. The second-order valence-corrected chi connectivity index (χ2v) is 4.69. The number of aromatic nitrogens is 1. The highest BCUT2D eigenvalue weighted by molar-refractivity contribution is 7.20. The average molecular weight is 253 g/mol. The van der Waals surface area contributed by atoms with Gasteiger partial charge in [0.15, 0.2) is 5.89 Å². The first-order chi connectivity index (χ1) is 8.04. The Labute approximate surface area is 101 Å². The Morgan fingerprint density at radius 2 is 2.24 bits per heavy atom. The molecule has 0 aliphatic heterocycles. The van der Waals surface area contributed by atoms with Gasteiger partial charge in [0.25, 0.3) is 0 Å². The van der Waals surface area contributed by atoms with E-state index in [1.54, 1.807) is 6.92 Å². The lowest BCUT2D eigenvalue weighted by molar-refractivity contribution is 0.0701. The number of aromatic carboxylic acids is 1. The molecule has 0 saturated heterocycles. The number of thiophene rings is 1. The summed E-state index contributed by atoms with van der Waals surface area (Å²) in [5.74, 6) is -0.676. The highest BCUT2D eigenvalue weighted by Crippen LogP contribution is 2.27. The molecule has 5 nitrogen and oxygen atoms in total. The van der Waals surface area contributed by atoms with Crippen LogP contribution in [0, 0.1) is 6.92 Å². The number of aryl methyl sites for hydroxylation is 2. The van der Waals surface area contributed by atoms with Crippen molar-refractivity contribution in [1.29, 1.82) is 0 Å². The van der Waals surface area contributed by atoms with Gasteiger partial charge in [-0.05, 0) is 18.9 Å². The van der Waals surface area contributed by atoms with Crippen molar-refractivity contribution in [3.05, 3.63) is 26.8 Å². The molecule has 0 aromatic carbocycles. The van der Waals surface area contributed by atoms with Gasteiger partial charge in [-0.15, -0.1) is 11.3 Å². The topological polar surface area (TPSA) is 80.4 Å². The van der Waals surface area contributed by atoms with Gasteiger partial charge in [0.1, 0.15) is 15.1 Å². The molecule has 2 rings (SSSR count). The van der Waals surface area contributed by atoms with Gasteiger partial charge < -0.3 is 9.52 Å². The highest BCUT2D eigenvalue weighted by atomic mass is 32.1. The Hall–Kier alpha value is -1.69. The third-order valence-electron chi connectivity index (χ3n) is 2.43. The highest BCUT2D eigenvalue weighted by Gasteiger charge is 2.19. The molecule has 17 heavy (non-hydrogen) atoms. The molecule has 2 heterocycles. The van der Waals surface area contributed by atoms with E-state index in [0.29, 0.717) is 22.7 Å². The van der Waals surface area contributed by atoms with Gasteiger partial charge in [-0.2, -0.15) is 0 Å².